The number of rotatable bonds is 5. The SMILES string of the molecule is CCNC(c1ccc(OC)c(C)c1)c1cc(C)cnc1N. The molecule has 2 rings (SSSR count). The van der Waals surface area contributed by atoms with Gasteiger partial charge in [0.2, 0.25) is 0 Å². The van der Waals surface area contributed by atoms with Gasteiger partial charge in [-0.25, -0.2) is 4.98 Å². The van der Waals surface area contributed by atoms with Crippen LogP contribution in [0.5, 0.6) is 5.75 Å². The van der Waals surface area contributed by atoms with Crippen LogP contribution in [0, 0.1) is 13.8 Å². The average molecular weight is 285 g/mol. The maximum absolute atomic E-state index is 6.08. The second-order valence-corrected chi connectivity index (χ2v) is 5.21. The topological polar surface area (TPSA) is 60.2 Å². The van der Waals surface area contributed by atoms with Crippen molar-refractivity contribution in [3.05, 3.63) is 52.7 Å². The third-order valence-electron chi connectivity index (χ3n) is 3.56. The van der Waals surface area contributed by atoms with Crippen molar-refractivity contribution in [1.29, 1.82) is 0 Å². The van der Waals surface area contributed by atoms with E-state index in [0.717, 1.165) is 34.5 Å². The summed E-state index contributed by atoms with van der Waals surface area (Å²) in [5.41, 5.74) is 10.5. The minimum Gasteiger partial charge on any atom is -0.496 e. The number of benzene rings is 1. The molecule has 0 aliphatic carbocycles. The lowest BCUT2D eigenvalue weighted by molar-refractivity contribution is 0.411. The molecule has 0 saturated heterocycles. The predicted molar refractivity (Wildman–Crippen MR) is 86.6 cm³/mol. The van der Waals surface area contributed by atoms with Crippen LogP contribution in [0.15, 0.2) is 30.5 Å². The summed E-state index contributed by atoms with van der Waals surface area (Å²) in [6.07, 6.45) is 1.79. The summed E-state index contributed by atoms with van der Waals surface area (Å²) in [5.74, 6) is 1.46. The van der Waals surface area contributed by atoms with Crippen molar-refractivity contribution in [3.8, 4) is 5.75 Å². The van der Waals surface area contributed by atoms with E-state index in [-0.39, 0.29) is 6.04 Å². The number of nitrogens with zero attached hydrogens (tertiary/aromatic N) is 1. The van der Waals surface area contributed by atoms with Crippen LogP contribution in [-0.2, 0) is 0 Å². The van der Waals surface area contributed by atoms with Crippen molar-refractivity contribution in [2.45, 2.75) is 26.8 Å². The predicted octanol–water partition coefficient (Wildman–Crippen LogP) is 2.99. The summed E-state index contributed by atoms with van der Waals surface area (Å²) in [7, 11) is 1.69. The molecule has 4 heteroatoms. The number of hydrogen-bond donors (Lipinski definition) is 2. The highest BCUT2D eigenvalue weighted by atomic mass is 16.5. The second-order valence-electron chi connectivity index (χ2n) is 5.21. The molecule has 112 valence electrons. The van der Waals surface area contributed by atoms with E-state index in [4.69, 9.17) is 10.5 Å². The molecule has 1 aromatic carbocycles. The van der Waals surface area contributed by atoms with Crippen molar-refractivity contribution in [3.63, 3.8) is 0 Å². The summed E-state index contributed by atoms with van der Waals surface area (Å²) >= 11 is 0. The first-order valence-electron chi connectivity index (χ1n) is 7.16. The number of nitrogens with two attached hydrogens (primary N) is 1. The van der Waals surface area contributed by atoms with E-state index < -0.39 is 0 Å². The third kappa shape index (κ3) is 3.34. The van der Waals surface area contributed by atoms with Crippen LogP contribution in [0.3, 0.4) is 0 Å². The number of hydrogen-bond acceptors (Lipinski definition) is 4. The Kier molecular flexibility index (Phi) is 4.81. The van der Waals surface area contributed by atoms with Crippen LogP contribution < -0.4 is 15.8 Å². The van der Waals surface area contributed by atoms with Gasteiger partial charge in [0.1, 0.15) is 11.6 Å². The zero-order valence-electron chi connectivity index (χ0n) is 13.1. The molecule has 0 aliphatic heterocycles. The molecule has 4 nitrogen and oxygen atoms in total. The van der Waals surface area contributed by atoms with E-state index in [2.05, 4.69) is 35.4 Å². The van der Waals surface area contributed by atoms with Gasteiger partial charge in [-0.1, -0.05) is 19.1 Å². The van der Waals surface area contributed by atoms with Crippen molar-refractivity contribution in [1.82, 2.24) is 10.3 Å². The fourth-order valence-electron chi connectivity index (χ4n) is 2.53. The lowest BCUT2D eigenvalue weighted by Crippen LogP contribution is -2.23. The number of ether oxygens (including phenoxy) is 1. The van der Waals surface area contributed by atoms with Gasteiger partial charge in [-0.15, -0.1) is 0 Å². The highest BCUT2D eigenvalue weighted by Gasteiger charge is 2.17. The third-order valence-corrected chi connectivity index (χ3v) is 3.56. The first-order chi connectivity index (χ1) is 10.1. The zero-order valence-corrected chi connectivity index (χ0v) is 13.1. The number of methoxy groups -OCH3 is 1. The summed E-state index contributed by atoms with van der Waals surface area (Å²) in [5, 5.41) is 3.49. The number of pyridine rings is 1. The number of aryl methyl sites for hydroxylation is 2. The molecular weight excluding hydrogens is 262 g/mol. The molecule has 0 amide bonds. The monoisotopic (exact) mass is 285 g/mol. The minimum atomic E-state index is 0.0343. The van der Waals surface area contributed by atoms with Crippen LogP contribution >= 0.6 is 0 Å². The Morgan fingerprint density at radius 1 is 1.29 bits per heavy atom. The molecule has 1 aromatic heterocycles. The Balaban J connectivity index is 2.48. The fourth-order valence-corrected chi connectivity index (χ4v) is 2.53. The lowest BCUT2D eigenvalue weighted by atomic mass is 9.96. The summed E-state index contributed by atoms with van der Waals surface area (Å²) in [6.45, 7) is 7.01. The van der Waals surface area contributed by atoms with Crippen molar-refractivity contribution in [2.75, 3.05) is 19.4 Å². The highest BCUT2D eigenvalue weighted by molar-refractivity contribution is 5.49. The minimum absolute atomic E-state index is 0.0343. The molecule has 21 heavy (non-hydrogen) atoms. The fraction of sp³-hybridized carbons (Fsp3) is 0.353. The number of aromatic nitrogens is 1. The Labute approximate surface area is 126 Å². The van der Waals surface area contributed by atoms with E-state index in [9.17, 15) is 0 Å². The Morgan fingerprint density at radius 2 is 2.05 bits per heavy atom. The van der Waals surface area contributed by atoms with Crippen LogP contribution in [0.2, 0.25) is 0 Å². The van der Waals surface area contributed by atoms with Crippen LogP contribution in [-0.4, -0.2) is 18.6 Å². The van der Waals surface area contributed by atoms with Gasteiger partial charge in [-0.05, 0) is 49.2 Å². The molecule has 1 atom stereocenters. The van der Waals surface area contributed by atoms with E-state index in [1.807, 2.05) is 19.9 Å². The van der Waals surface area contributed by atoms with Crippen molar-refractivity contribution >= 4 is 5.82 Å². The quantitative estimate of drug-likeness (QED) is 0.886. The first-order valence-corrected chi connectivity index (χ1v) is 7.16. The molecule has 3 N–H and O–H groups in total. The summed E-state index contributed by atoms with van der Waals surface area (Å²) in [4.78, 5) is 4.28. The molecular formula is C17H23N3O. The number of anilines is 1. The van der Waals surface area contributed by atoms with Crippen LogP contribution in [0.4, 0.5) is 5.82 Å². The normalized spacial score (nSPS) is 12.2. The Bertz CT molecular complexity index is 625. The molecule has 0 spiro atoms. The summed E-state index contributed by atoms with van der Waals surface area (Å²) < 4.78 is 5.33. The lowest BCUT2D eigenvalue weighted by Gasteiger charge is -2.21. The smallest absolute Gasteiger partial charge is 0.128 e. The maximum Gasteiger partial charge on any atom is 0.128 e. The molecule has 0 aliphatic rings. The average Bonchev–Trinajstić information content (AvgIpc) is 2.47. The Hall–Kier alpha value is -2.07. The van der Waals surface area contributed by atoms with Gasteiger partial charge in [0.25, 0.3) is 0 Å². The second kappa shape index (κ2) is 6.59. The van der Waals surface area contributed by atoms with Crippen molar-refractivity contribution in [2.24, 2.45) is 0 Å². The molecule has 2 aromatic rings. The Morgan fingerprint density at radius 3 is 2.67 bits per heavy atom. The standard InChI is InChI=1S/C17H23N3O/c1-5-19-16(14-8-11(2)10-20-17(14)18)13-6-7-15(21-4)12(3)9-13/h6-10,16,19H,5H2,1-4H3,(H2,18,20). The molecule has 0 radical (unpaired) electrons. The molecule has 1 unspecified atom stereocenters. The summed E-state index contributed by atoms with van der Waals surface area (Å²) in [6, 6.07) is 8.32. The van der Waals surface area contributed by atoms with Gasteiger partial charge in [-0.2, -0.15) is 0 Å². The van der Waals surface area contributed by atoms with Gasteiger partial charge in [0.05, 0.1) is 13.2 Å². The van der Waals surface area contributed by atoms with Gasteiger partial charge in [0.15, 0.2) is 0 Å². The highest BCUT2D eigenvalue weighted by Crippen LogP contribution is 2.29. The van der Waals surface area contributed by atoms with E-state index in [1.54, 1.807) is 13.3 Å². The van der Waals surface area contributed by atoms with Gasteiger partial charge in [0, 0.05) is 11.8 Å². The van der Waals surface area contributed by atoms with Crippen LogP contribution in [0.25, 0.3) is 0 Å². The largest absolute Gasteiger partial charge is 0.496 e. The van der Waals surface area contributed by atoms with E-state index in [0.29, 0.717) is 5.82 Å². The number of nitrogen functional groups attached to an aromatic ring is 1. The van der Waals surface area contributed by atoms with Gasteiger partial charge in [-0.3, -0.25) is 0 Å². The maximum atomic E-state index is 6.08. The van der Waals surface area contributed by atoms with Crippen molar-refractivity contribution < 1.29 is 4.74 Å². The molecule has 0 saturated carbocycles. The molecule has 0 fully saturated rings. The molecule has 1 heterocycles. The van der Waals surface area contributed by atoms with Gasteiger partial charge >= 0.3 is 0 Å². The number of nitrogens with one attached hydrogen (secondary N) is 1. The van der Waals surface area contributed by atoms with E-state index in [1.165, 1.54) is 0 Å². The van der Waals surface area contributed by atoms with Gasteiger partial charge < -0.3 is 15.8 Å². The zero-order chi connectivity index (χ0) is 15.4. The first kappa shape index (κ1) is 15.3. The van der Waals surface area contributed by atoms with Crippen LogP contribution in [0.1, 0.15) is 35.2 Å². The molecule has 0 bridgehead atoms. The van der Waals surface area contributed by atoms with E-state index >= 15 is 0 Å².